The summed E-state index contributed by atoms with van der Waals surface area (Å²) < 4.78 is 5.36. The first-order chi connectivity index (χ1) is 6.68. The molecule has 0 saturated heterocycles. The molecule has 0 aromatic heterocycles. The van der Waals surface area contributed by atoms with Gasteiger partial charge < -0.3 is 10.1 Å². The van der Waals surface area contributed by atoms with Crippen LogP contribution in [0.5, 0.6) is 5.75 Å². The average Bonchev–Trinajstić information content (AvgIpc) is 2.28. The number of methoxy groups -OCH3 is 1. The molecule has 1 unspecified atom stereocenters. The number of nitrogens with one attached hydrogen (secondary N) is 1. The van der Waals surface area contributed by atoms with Gasteiger partial charge in [-0.3, -0.25) is 0 Å². The van der Waals surface area contributed by atoms with E-state index in [9.17, 15) is 0 Å². The lowest BCUT2D eigenvalue weighted by Crippen LogP contribution is -2.36. The standard InChI is InChI=1S/C12H19NO/c1-5-12(2,13-3)10-8-6-7-9-11(10)14-4/h6-9,13H,5H2,1-4H3. The van der Waals surface area contributed by atoms with Crippen LogP contribution in [-0.2, 0) is 5.54 Å². The number of benzene rings is 1. The second-order valence-corrected chi connectivity index (χ2v) is 3.64. The second-order valence-electron chi connectivity index (χ2n) is 3.64. The van der Waals surface area contributed by atoms with E-state index in [0.29, 0.717) is 0 Å². The molecule has 1 rings (SSSR count). The van der Waals surface area contributed by atoms with Crippen molar-refractivity contribution in [1.82, 2.24) is 5.32 Å². The van der Waals surface area contributed by atoms with Gasteiger partial charge in [0.15, 0.2) is 0 Å². The van der Waals surface area contributed by atoms with E-state index in [-0.39, 0.29) is 5.54 Å². The normalized spacial score (nSPS) is 14.9. The van der Waals surface area contributed by atoms with Gasteiger partial charge in [-0.15, -0.1) is 0 Å². The third-order valence-corrected chi connectivity index (χ3v) is 2.96. The van der Waals surface area contributed by atoms with Crippen molar-refractivity contribution >= 4 is 0 Å². The van der Waals surface area contributed by atoms with Gasteiger partial charge in [0.05, 0.1) is 7.11 Å². The van der Waals surface area contributed by atoms with E-state index < -0.39 is 0 Å². The van der Waals surface area contributed by atoms with Crippen molar-refractivity contribution in [2.75, 3.05) is 14.2 Å². The molecule has 1 atom stereocenters. The summed E-state index contributed by atoms with van der Waals surface area (Å²) in [5.74, 6) is 0.950. The maximum Gasteiger partial charge on any atom is 0.123 e. The highest BCUT2D eigenvalue weighted by Gasteiger charge is 2.25. The Balaban J connectivity index is 3.15. The minimum absolute atomic E-state index is 0.00734. The molecule has 0 bridgehead atoms. The lowest BCUT2D eigenvalue weighted by atomic mass is 9.89. The molecular formula is C12H19NO. The topological polar surface area (TPSA) is 21.3 Å². The lowest BCUT2D eigenvalue weighted by molar-refractivity contribution is 0.348. The summed E-state index contributed by atoms with van der Waals surface area (Å²) in [5.41, 5.74) is 1.21. The monoisotopic (exact) mass is 193 g/mol. The Bertz CT molecular complexity index is 292. The Kier molecular flexibility index (Phi) is 3.53. The van der Waals surface area contributed by atoms with Gasteiger partial charge in [-0.2, -0.15) is 0 Å². The van der Waals surface area contributed by atoms with Gasteiger partial charge in [0.25, 0.3) is 0 Å². The molecule has 14 heavy (non-hydrogen) atoms. The first-order valence-corrected chi connectivity index (χ1v) is 5.00. The number of hydrogen-bond donors (Lipinski definition) is 1. The number of ether oxygens (including phenoxy) is 1. The molecule has 1 aromatic carbocycles. The summed E-state index contributed by atoms with van der Waals surface area (Å²) in [6.07, 6.45) is 1.03. The van der Waals surface area contributed by atoms with Crippen LogP contribution in [0.3, 0.4) is 0 Å². The van der Waals surface area contributed by atoms with Gasteiger partial charge in [0.2, 0.25) is 0 Å². The van der Waals surface area contributed by atoms with Gasteiger partial charge in [0.1, 0.15) is 5.75 Å². The number of para-hydroxylation sites is 1. The highest BCUT2D eigenvalue weighted by molar-refractivity contribution is 5.38. The van der Waals surface area contributed by atoms with Crippen LogP contribution in [-0.4, -0.2) is 14.2 Å². The van der Waals surface area contributed by atoms with Gasteiger partial charge in [-0.25, -0.2) is 0 Å². The fourth-order valence-electron chi connectivity index (χ4n) is 1.60. The predicted molar refractivity (Wildman–Crippen MR) is 59.7 cm³/mol. The van der Waals surface area contributed by atoms with Crippen molar-refractivity contribution in [2.45, 2.75) is 25.8 Å². The molecule has 78 valence electrons. The van der Waals surface area contributed by atoms with Crippen LogP contribution >= 0.6 is 0 Å². The summed E-state index contributed by atoms with van der Waals surface area (Å²) in [4.78, 5) is 0. The van der Waals surface area contributed by atoms with Crippen molar-refractivity contribution in [1.29, 1.82) is 0 Å². The third kappa shape index (κ3) is 1.90. The molecule has 0 radical (unpaired) electrons. The van der Waals surface area contributed by atoms with E-state index in [1.54, 1.807) is 7.11 Å². The molecule has 2 heteroatoms. The van der Waals surface area contributed by atoms with E-state index >= 15 is 0 Å². The Labute approximate surface area is 86.3 Å². The zero-order valence-corrected chi connectivity index (χ0v) is 9.42. The molecule has 1 N–H and O–H groups in total. The summed E-state index contributed by atoms with van der Waals surface area (Å²) in [6.45, 7) is 4.35. The molecule has 1 aromatic rings. The molecule has 0 fully saturated rings. The minimum Gasteiger partial charge on any atom is -0.496 e. The molecule has 2 nitrogen and oxygen atoms in total. The van der Waals surface area contributed by atoms with Crippen molar-refractivity contribution in [3.05, 3.63) is 29.8 Å². The molecule has 0 aliphatic heterocycles. The van der Waals surface area contributed by atoms with E-state index in [1.807, 2.05) is 25.2 Å². The first-order valence-electron chi connectivity index (χ1n) is 5.00. The molecule has 0 amide bonds. The van der Waals surface area contributed by atoms with Crippen LogP contribution < -0.4 is 10.1 Å². The molecule has 0 heterocycles. The molecule has 0 spiro atoms. The fraction of sp³-hybridized carbons (Fsp3) is 0.500. The second kappa shape index (κ2) is 4.47. The van der Waals surface area contributed by atoms with E-state index in [4.69, 9.17) is 4.74 Å². The summed E-state index contributed by atoms with van der Waals surface area (Å²) in [7, 11) is 3.69. The van der Waals surface area contributed by atoms with Gasteiger partial charge in [0, 0.05) is 11.1 Å². The van der Waals surface area contributed by atoms with Crippen LogP contribution in [0.1, 0.15) is 25.8 Å². The van der Waals surface area contributed by atoms with Crippen molar-refractivity contribution in [3.63, 3.8) is 0 Å². The quantitative estimate of drug-likeness (QED) is 0.793. The third-order valence-electron chi connectivity index (χ3n) is 2.96. The Morgan fingerprint density at radius 2 is 2.00 bits per heavy atom. The Hall–Kier alpha value is -1.02. The molecule has 0 saturated carbocycles. The number of hydrogen-bond acceptors (Lipinski definition) is 2. The lowest BCUT2D eigenvalue weighted by Gasteiger charge is -2.29. The zero-order chi connectivity index (χ0) is 10.6. The molecule has 0 aliphatic rings. The van der Waals surface area contributed by atoms with Gasteiger partial charge >= 0.3 is 0 Å². The van der Waals surface area contributed by atoms with Crippen molar-refractivity contribution < 1.29 is 4.74 Å². The maximum absolute atomic E-state index is 5.36. The van der Waals surface area contributed by atoms with Crippen LogP contribution in [0.15, 0.2) is 24.3 Å². The Morgan fingerprint density at radius 1 is 1.36 bits per heavy atom. The zero-order valence-electron chi connectivity index (χ0n) is 9.42. The van der Waals surface area contributed by atoms with Crippen LogP contribution in [0, 0.1) is 0 Å². The largest absolute Gasteiger partial charge is 0.496 e. The highest BCUT2D eigenvalue weighted by atomic mass is 16.5. The van der Waals surface area contributed by atoms with E-state index in [2.05, 4.69) is 25.2 Å². The van der Waals surface area contributed by atoms with Gasteiger partial charge in [-0.05, 0) is 26.5 Å². The number of rotatable bonds is 4. The first kappa shape index (κ1) is 11.1. The summed E-state index contributed by atoms with van der Waals surface area (Å²) in [5, 5.41) is 3.34. The molecular weight excluding hydrogens is 174 g/mol. The predicted octanol–water partition coefficient (Wildman–Crippen LogP) is 2.54. The highest BCUT2D eigenvalue weighted by Crippen LogP contribution is 2.31. The Morgan fingerprint density at radius 3 is 2.50 bits per heavy atom. The SMILES string of the molecule is CCC(C)(NC)c1ccccc1OC. The summed E-state index contributed by atoms with van der Waals surface area (Å²) >= 11 is 0. The minimum atomic E-state index is -0.00734. The average molecular weight is 193 g/mol. The van der Waals surface area contributed by atoms with E-state index in [0.717, 1.165) is 12.2 Å². The van der Waals surface area contributed by atoms with Crippen molar-refractivity contribution in [2.24, 2.45) is 0 Å². The summed E-state index contributed by atoms with van der Waals surface area (Å²) in [6, 6.07) is 8.15. The smallest absolute Gasteiger partial charge is 0.123 e. The molecule has 0 aliphatic carbocycles. The van der Waals surface area contributed by atoms with Crippen LogP contribution in [0.2, 0.25) is 0 Å². The maximum atomic E-state index is 5.36. The van der Waals surface area contributed by atoms with Crippen molar-refractivity contribution in [3.8, 4) is 5.75 Å². The van der Waals surface area contributed by atoms with E-state index in [1.165, 1.54) is 5.56 Å². The van der Waals surface area contributed by atoms with Crippen LogP contribution in [0.4, 0.5) is 0 Å². The fourth-order valence-corrected chi connectivity index (χ4v) is 1.60. The van der Waals surface area contributed by atoms with Gasteiger partial charge in [-0.1, -0.05) is 25.1 Å². The van der Waals surface area contributed by atoms with Crippen LogP contribution in [0.25, 0.3) is 0 Å².